The molecule has 1 fully saturated rings. The predicted molar refractivity (Wildman–Crippen MR) is 96.7 cm³/mol. The number of hydrogen-bond acceptors (Lipinski definition) is 2. The minimum atomic E-state index is -4.51. The zero-order chi connectivity index (χ0) is 19.8. The van der Waals surface area contributed by atoms with Gasteiger partial charge in [0.25, 0.3) is 0 Å². The molecule has 0 unspecified atom stereocenters. The third kappa shape index (κ3) is 4.08. The van der Waals surface area contributed by atoms with Crippen LogP contribution in [0, 0.1) is 12.8 Å². The summed E-state index contributed by atoms with van der Waals surface area (Å²) >= 11 is 6.19. The zero-order valence-corrected chi connectivity index (χ0v) is 15.1. The maximum atomic E-state index is 12.8. The first kappa shape index (κ1) is 19.2. The van der Waals surface area contributed by atoms with Crippen molar-refractivity contribution >= 4 is 34.8 Å². The van der Waals surface area contributed by atoms with Crippen molar-refractivity contribution < 1.29 is 22.8 Å². The lowest BCUT2D eigenvalue weighted by molar-refractivity contribution is -0.137. The molecule has 0 saturated carbocycles. The van der Waals surface area contributed by atoms with Gasteiger partial charge in [-0.15, -0.1) is 0 Å². The van der Waals surface area contributed by atoms with E-state index >= 15 is 0 Å². The number of amides is 2. The van der Waals surface area contributed by atoms with Gasteiger partial charge in [0.05, 0.1) is 16.3 Å². The van der Waals surface area contributed by atoms with E-state index in [0.29, 0.717) is 17.3 Å². The number of aryl methyl sites for hydroxylation is 1. The number of benzene rings is 2. The Morgan fingerprint density at radius 3 is 2.63 bits per heavy atom. The first-order valence-electron chi connectivity index (χ1n) is 8.22. The SMILES string of the molecule is Cc1ccc(N2CC[C@@H](C(=O)Nc3cccc(C(F)(F)F)c3)C2=O)c(Cl)c1. The summed E-state index contributed by atoms with van der Waals surface area (Å²) in [6.07, 6.45) is -4.25. The van der Waals surface area contributed by atoms with Crippen molar-refractivity contribution in [2.24, 2.45) is 5.92 Å². The Morgan fingerprint density at radius 1 is 1.22 bits per heavy atom. The lowest BCUT2D eigenvalue weighted by atomic mass is 10.1. The molecule has 1 atom stereocenters. The van der Waals surface area contributed by atoms with Crippen LogP contribution in [0.15, 0.2) is 42.5 Å². The van der Waals surface area contributed by atoms with Crippen LogP contribution in [0.4, 0.5) is 24.5 Å². The second-order valence-corrected chi connectivity index (χ2v) is 6.76. The third-order valence-corrected chi connectivity index (χ3v) is 4.68. The van der Waals surface area contributed by atoms with Crippen molar-refractivity contribution in [1.82, 2.24) is 0 Å². The highest BCUT2D eigenvalue weighted by Gasteiger charge is 2.38. The van der Waals surface area contributed by atoms with E-state index in [1.54, 1.807) is 12.1 Å². The van der Waals surface area contributed by atoms with E-state index in [2.05, 4.69) is 5.32 Å². The first-order valence-corrected chi connectivity index (χ1v) is 8.60. The fourth-order valence-corrected chi connectivity index (χ4v) is 3.33. The highest BCUT2D eigenvalue weighted by Crippen LogP contribution is 2.33. The monoisotopic (exact) mass is 396 g/mol. The van der Waals surface area contributed by atoms with E-state index < -0.39 is 29.5 Å². The molecule has 2 aromatic carbocycles. The molecular formula is C19H16ClF3N2O2. The van der Waals surface area contributed by atoms with Crippen LogP contribution in [0.2, 0.25) is 5.02 Å². The van der Waals surface area contributed by atoms with E-state index in [1.165, 1.54) is 17.0 Å². The molecule has 1 aliphatic rings. The molecular weight excluding hydrogens is 381 g/mol. The molecule has 3 rings (SSSR count). The largest absolute Gasteiger partial charge is 0.416 e. The summed E-state index contributed by atoms with van der Waals surface area (Å²) in [5, 5.41) is 2.81. The van der Waals surface area contributed by atoms with Gasteiger partial charge in [-0.1, -0.05) is 23.7 Å². The van der Waals surface area contributed by atoms with Crippen LogP contribution < -0.4 is 10.2 Å². The molecule has 1 N–H and O–H groups in total. The maximum Gasteiger partial charge on any atom is 0.416 e. The summed E-state index contributed by atoms with van der Waals surface area (Å²) in [7, 11) is 0. The predicted octanol–water partition coefficient (Wildman–Crippen LogP) is 4.66. The Hall–Kier alpha value is -2.54. The molecule has 4 nitrogen and oxygen atoms in total. The Morgan fingerprint density at radius 2 is 1.96 bits per heavy atom. The molecule has 1 aliphatic heterocycles. The summed E-state index contributed by atoms with van der Waals surface area (Å²) in [6, 6.07) is 9.55. The van der Waals surface area contributed by atoms with Crippen molar-refractivity contribution in [3.05, 3.63) is 58.6 Å². The average molecular weight is 397 g/mol. The summed E-state index contributed by atoms with van der Waals surface area (Å²) in [6.45, 7) is 2.18. The topological polar surface area (TPSA) is 49.4 Å². The van der Waals surface area contributed by atoms with Crippen LogP contribution in [0.3, 0.4) is 0 Å². The number of anilines is 2. The zero-order valence-electron chi connectivity index (χ0n) is 14.3. The van der Waals surface area contributed by atoms with E-state index in [0.717, 1.165) is 17.7 Å². The number of halogens is 4. The van der Waals surface area contributed by atoms with Crippen molar-refractivity contribution in [2.75, 3.05) is 16.8 Å². The van der Waals surface area contributed by atoms with Crippen LogP contribution in [0.1, 0.15) is 17.5 Å². The summed E-state index contributed by atoms with van der Waals surface area (Å²) in [5.41, 5.74) is 0.580. The first-order chi connectivity index (χ1) is 12.7. The second-order valence-electron chi connectivity index (χ2n) is 6.35. The molecule has 8 heteroatoms. The number of rotatable bonds is 3. The van der Waals surface area contributed by atoms with Gasteiger partial charge in [-0.2, -0.15) is 13.2 Å². The smallest absolute Gasteiger partial charge is 0.325 e. The van der Waals surface area contributed by atoms with Crippen LogP contribution in [-0.4, -0.2) is 18.4 Å². The van der Waals surface area contributed by atoms with Crippen LogP contribution in [0.25, 0.3) is 0 Å². The number of carbonyl (C=O) groups is 2. The minimum absolute atomic E-state index is 0.00515. The molecule has 1 saturated heterocycles. The molecule has 2 aromatic rings. The average Bonchev–Trinajstić information content (AvgIpc) is 2.96. The highest BCUT2D eigenvalue weighted by atomic mass is 35.5. The number of nitrogens with one attached hydrogen (secondary N) is 1. The van der Waals surface area contributed by atoms with Gasteiger partial charge in [-0.25, -0.2) is 0 Å². The lowest BCUT2D eigenvalue weighted by Gasteiger charge is -2.18. The second kappa shape index (κ2) is 7.23. The summed E-state index contributed by atoms with van der Waals surface area (Å²) in [4.78, 5) is 26.5. The molecule has 27 heavy (non-hydrogen) atoms. The summed E-state index contributed by atoms with van der Waals surface area (Å²) in [5.74, 6) is -2.03. The van der Waals surface area contributed by atoms with Gasteiger partial charge in [0.2, 0.25) is 11.8 Å². The highest BCUT2D eigenvalue weighted by molar-refractivity contribution is 6.34. The molecule has 0 aromatic heterocycles. The van der Waals surface area contributed by atoms with Gasteiger partial charge in [-0.3, -0.25) is 9.59 Å². The van der Waals surface area contributed by atoms with E-state index in [1.807, 2.05) is 13.0 Å². The van der Waals surface area contributed by atoms with Gasteiger partial charge in [0, 0.05) is 12.2 Å². The van der Waals surface area contributed by atoms with E-state index in [-0.39, 0.29) is 12.1 Å². The van der Waals surface area contributed by atoms with Crippen molar-refractivity contribution in [3.63, 3.8) is 0 Å². The lowest BCUT2D eigenvalue weighted by Crippen LogP contribution is -2.33. The number of nitrogens with zero attached hydrogens (tertiary/aromatic N) is 1. The quantitative estimate of drug-likeness (QED) is 0.767. The molecule has 0 radical (unpaired) electrons. The van der Waals surface area contributed by atoms with Crippen molar-refractivity contribution in [3.8, 4) is 0 Å². The molecule has 2 amide bonds. The molecule has 0 spiro atoms. The third-order valence-electron chi connectivity index (χ3n) is 4.37. The van der Waals surface area contributed by atoms with E-state index in [9.17, 15) is 22.8 Å². The fourth-order valence-electron chi connectivity index (χ4n) is 3.00. The Labute approximate surface area is 158 Å². The fraction of sp³-hybridized carbons (Fsp3) is 0.263. The standard InChI is InChI=1S/C19H16ClF3N2O2/c1-11-5-6-16(15(20)9-11)25-8-7-14(18(25)27)17(26)24-13-4-2-3-12(10-13)19(21,22)23/h2-6,9-10,14H,7-8H2,1H3,(H,24,26)/t14-/m0/s1. The van der Waals surface area contributed by atoms with Gasteiger partial charge in [0.1, 0.15) is 5.92 Å². The number of alkyl halides is 3. The number of carbonyl (C=O) groups excluding carboxylic acids is 2. The van der Waals surface area contributed by atoms with Crippen molar-refractivity contribution in [1.29, 1.82) is 0 Å². The van der Waals surface area contributed by atoms with Crippen LogP contribution in [0.5, 0.6) is 0 Å². The number of hydrogen-bond donors (Lipinski definition) is 1. The Bertz CT molecular complexity index is 899. The Kier molecular flexibility index (Phi) is 5.15. The normalized spacial score (nSPS) is 17.3. The van der Waals surface area contributed by atoms with Crippen molar-refractivity contribution in [2.45, 2.75) is 19.5 Å². The maximum absolute atomic E-state index is 12.8. The van der Waals surface area contributed by atoms with Gasteiger partial charge >= 0.3 is 6.18 Å². The van der Waals surface area contributed by atoms with Gasteiger partial charge < -0.3 is 10.2 Å². The molecule has 0 aliphatic carbocycles. The molecule has 1 heterocycles. The van der Waals surface area contributed by atoms with E-state index in [4.69, 9.17) is 11.6 Å². The molecule has 142 valence electrons. The minimum Gasteiger partial charge on any atom is -0.325 e. The van der Waals surface area contributed by atoms with Gasteiger partial charge in [-0.05, 0) is 49.2 Å². The van der Waals surface area contributed by atoms with Crippen LogP contribution in [-0.2, 0) is 15.8 Å². The Balaban J connectivity index is 1.74. The van der Waals surface area contributed by atoms with Gasteiger partial charge in [0.15, 0.2) is 0 Å². The molecule has 0 bridgehead atoms. The van der Waals surface area contributed by atoms with Crippen LogP contribution >= 0.6 is 11.6 Å². The summed E-state index contributed by atoms with van der Waals surface area (Å²) < 4.78 is 38.4.